The zero-order valence-corrected chi connectivity index (χ0v) is 17.6. The number of carbonyl (C=O) groups is 1. The fourth-order valence-electron chi connectivity index (χ4n) is 4.21. The van der Waals surface area contributed by atoms with Gasteiger partial charge in [-0.15, -0.1) is 0 Å². The summed E-state index contributed by atoms with van der Waals surface area (Å²) in [5.41, 5.74) is 4.22. The molecule has 1 heterocycles. The van der Waals surface area contributed by atoms with Gasteiger partial charge in [-0.1, -0.05) is 25.6 Å². The van der Waals surface area contributed by atoms with Gasteiger partial charge in [0.15, 0.2) is 0 Å². The van der Waals surface area contributed by atoms with E-state index in [0.717, 1.165) is 10.9 Å². The summed E-state index contributed by atoms with van der Waals surface area (Å²) < 4.78 is 0.714. The first-order valence-electron chi connectivity index (χ1n) is 8.87. The van der Waals surface area contributed by atoms with Gasteiger partial charge < -0.3 is 10.3 Å². The van der Waals surface area contributed by atoms with E-state index in [2.05, 4.69) is 49.4 Å². The van der Waals surface area contributed by atoms with Gasteiger partial charge in [0.1, 0.15) is 5.69 Å². The second-order valence-electron chi connectivity index (χ2n) is 7.35. The van der Waals surface area contributed by atoms with Crippen LogP contribution in [0.25, 0.3) is 10.9 Å². The maximum atomic E-state index is 12.6. The highest BCUT2D eigenvalue weighted by atomic mass is 28.3. The van der Waals surface area contributed by atoms with Crippen molar-refractivity contribution >= 4 is 35.8 Å². The third-order valence-corrected chi connectivity index (χ3v) is 13.2. The van der Waals surface area contributed by atoms with E-state index in [1.165, 1.54) is 30.4 Å². The summed E-state index contributed by atoms with van der Waals surface area (Å²) in [7, 11) is 0.0559. The van der Waals surface area contributed by atoms with Crippen LogP contribution in [0.5, 0.6) is 0 Å². The van der Waals surface area contributed by atoms with Gasteiger partial charge in [0.2, 0.25) is 0 Å². The predicted molar refractivity (Wildman–Crippen MR) is 104 cm³/mol. The molecule has 1 fully saturated rings. The quantitative estimate of drug-likeness (QED) is 0.823. The van der Waals surface area contributed by atoms with Gasteiger partial charge >= 0.3 is 0 Å². The average molecular weight is 345 g/mol. The lowest BCUT2D eigenvalue weighted by Crippen LogP contribution is -2.34. The molecule has 1 amide bonds. The van der Waals surface area contributed by atoms with Crippen LogP contribution in [-0.4, -0.2) is 36.0 Å². The lowest BCUT2D eigenvalue weighted by atomic mass is 10.1. The van der Waals surface area contributed by atoms with E-state index in [-0.39, 0.29) is 24.9 Å². The first-order chi connectivity index (χ1) is 11.0. The Morgan fingerprint density at radius 2 is 2.00 bits per heavy atom. The molecule has 0 bridgehead atoms. The van der Waals surface area contributed by atoms with Crippen LogP contribution in [0.15, 0.2) is 18.2 Å². The number of hydrogen-bond donors (Lipinski definition) is 2. The number of aromatic nitrogens is 1. The minimum atomic E-state index is 0.0279. The summed E-state index contributed by atoms with van der Waals surface area (Å²) in [4.78, 5) is 15.9. The Labute approximate surface area is 143 Å². The van der Waals surface area contributed by atoms with Crippen LogP contribution in [-0.2, 0) is 0 Å². The SMILES string of the molecule is C[SiH2]C1([SiH2]C)CC[C@H](NC(=O)c2cc3c(C)cc(C)cc3[nH]2)C1. The van der Waals surface area contributed by atoms with E-state index in [4.69, 9.17) is 0 Å². The second-order valence-corrected chi connectivity index (χ2v) is 12.8. The molecular weight excluding hydrogens is 316 g/mol. The molecular formula is C18H28N2OSi2. The number of fused-ring (bicyclic) bond motifs is 1. The molecule has 0 radical (unpaired) electrons. The minimum Gasteiger partial charge on any atom is -0.351 e. The summed E-state index contributed by atoms with van der Waals surface area (Å²) in [6.45, 7) is 9.09. The molecule has 124 valence electrons. The highest BCUT2D eigenvalue weighted by Gasteiger charge is 2.37. The molecule has 5 heteroatoms. The number of benzene rings is 1. The Hall–Kier alpha value is -1.34. The number of hydrogen-bond acceptors (Lipinski definition) is 1. The molecule has 0 aliphatic heterocycles. The number of nitrogens with one attached hydrogen (secondary N) is 2. The molecule has 1 aliphatic carbocycles. The smallest absolute Gasteiger partial charge is 0.267 e. The molecule has 1 saturated carbocycles. The van der Waals surface area contributed by atoms with Crippen molar-refractivity contribution in [2.24, 2.45) is 0 Å². The zero-order valence-electron chi connectivity index (χ0n) is 14.8. The van der Waals surface area contributed by atoms with E-state index in [9.17, 15) is 4.79 Å². The summed E-state index contributed by atoms with van der Waals surface area (Å²) in [6.07, 6.45) is 3.77. The second kappa shape index (κ2) is 6.28. The summed E-state index contributed by atoms with van der Waals surface area (Å²) in [6, 6.07) is 6.67. The Morgan fingerprint density at radius 1 is 1.26 bits per heavy atom. The van der Waals surface area contributed by atoms with Crippen LogP contribution in [0.3, 0.4) is 0 Å². The molecule has 0 spiro atoms. The first kappa shape index (κ1) is 16.5. The topological polar surface area (TPSA) is 44.9 Å². The Bertz CT molecular complexity index is 734. The summed E-state index contributed by atoms with van der Waals surface area (Å²) in [5, 5.41) is 4.44. The number of H-pyrrole nitrogens is 1. The standard InChI is InChI=1S/C18H28N2OSi2/c1-11-7-12(2)14-9-16(20-15(14)8-11)17(21)19-13-5-6-18(10-13,22-3)23-4/h7-9,13,20H,5-6,10,22-23H2,1-4H3,(H,19,21)/t13-/m0/s1. The normalized spacial score (nSPS) is 25.3. The third kappa shape index (κ3) is 3.17. The number of amides is 1. The summed E-state index contributed by atoms with van der Waals surface area (Å²) in [5.74, 6) is 0.0644. The molecule has 2 aromatic rings. The number of rotatable bonds is 4. The van der Waals surface area contributed by atoms with Crippen molar-refractivity contribution in [3.63, 3.8) is 0 Å². The van der Waals surface area contributed by atoms with Gasteiger partial charge in [0.05, 0.1) is 0 Å². The molecule has 0 unspecified atom stereocenters. The highest BCUT2D eigenvalue weighted by molar-refractivity contribution is 6.60. The number of aromatic amines is 1. The van der Waals surface area contributed by atoms with Crippen molar-refractivity contribution in [1.82, 2.24) is 10.3 Å². The Balaban J connectivity index is 1.76. The Kier molecular flexibility index (Phi) is 4.51. The zero-order chi connectivity index (χ0) is 16.6. The third-order valence-electron chi connectivity index (χ3n) is 5.87. The summed E-state index contributed by atoms with van der Waals surface area (Å²) >= 11 is 0. The van der Waals surface area contributed by atoms with Crippen LogP contribution < -0.4 is 5.32 Å². The van der Waals surface area contributed by atoms with Crippen LogP contribution in [0.2, 0.25) is 17.8 Å². The molecule has 1 aliphatic rings. The van der Waals surface area contributed by atoms with E-state index in [1.54, 1.807) is 0 Å². The molecule has 3 nitrogen and oxygen atoms in total. The highest BCUT2D eigenvalue weighted by Crippen LogP contribution is 2.43. The van der Waals surface area contributed by atoms with Crippen molar-refractivity contribution < 1.29 is 4.79 Å². The van der Waals surface area contributed by atoms with Crippen LogP contribution in [0.1, 0.15) is 40.9 Å². The van der Waals surface area contributed by atoms with Gasteiger partial charge in [-0.3, -0.25) is 4.79 Å². The minimum absolute atomic E-state index is 0.0279. The van der Waals surface area contributed by atoms with Crippen LogP contribution in [0.4, 0.5) is 0 Å². The molecule has 1 aromatic carbocycles. The molecule has 0 saturated heterocycles. The van der Waals surface area contributed by atoms with E-state index < -0.39 is 0 Å². The van der Waals surface area contributed by atoms with E-state index in [1.807, 2.05) is 6.07 Å². The molecule has 1 aromatic heterocycles. The van der Waals surface area contributed by atoms with E-state index in [0.29, 0.717) is 16.4 Å². The Morgan fingerprint density at radius 3 is 2.65 bits per heavy atom. The van der Waals surface area contributed by atoms with E-state index >= 15 is 0 Å². The maximum Gasteiger partial charge on any atom is 0.267 e. The molecule has 23 heavy (non-hydrogen) atoms. The van der Waals surface area contributed by atoms with Gasteiger partial charge in [0.25, 0.3) is 5.91 Å². The fourth-order valence-corrected chi connectivity index (χ4v) is 8.60. The van der Waals surface area contributed by atoms with Crippen molar-refractivity contribution in [3.05, 3.63) is 35.0 Å². The van der Waals surface area contributed by atoms with Crippen molar-refractivity contribution in [1.29, 1.82) is 0 Å². The lowest BCUT2D eigenvalue weighted by Gasteiger charge is -2.25. The van der Waals surface area contributed by atoms with Gasteiger partial charge in [0, 0.05) is 36.0 Å². The van der Waals surface area contributed by atoms with Gasteiger partial charge in [-0.05, 0) is 54.6 Å². The predicted octanol–water partition coefficient (Wildman–Crippen LogP) is 2.62. The average Bonchev–Trinajstić information content (AvgIpc) is 3.12. The van der Waals surface area contributed by atoms with Crippen LogP contribution >= 0.6 is 0 Å². The molecule has 3 rings (SSSR count). The largest absolute Gasteiger partial charge is 0.351 e. The van der Waals surface area contributed by atoms with Crippen LogP contribution in [0, 0.1) is 13.8 Å². The van der Waals surface area contributed by atoms with Crippen molar-refractivity contribution in [2.75, 3.05) is 0 Å². The monoisotopic (exact) mass is 344 g/mol. The van der Waals surface area contributed by atoms with Gasteiger partial charge in [-0.25, -0.2) is 0 Å². The molecule has 1 atom stereocenters. The van der Waals surface area contributed by atoms with Crippen molar-refractivity contribution in [2.45, 2.75) is 56.9 Å². The number of carbonyl (C=O) groups excluding carboxylic acids is 1. The van der Waals surface area contributed by atoms with Gasteiger partial charge in [-0.2, -0.15) is 0 Å². The fraction of sp³-hybridized carbons (Fsp3) is 0.500. The lowest BCUT2D eigenvalue weighted by molar-refractivity contribution is 0.0933. The number of aryl methyl sites for hydroxylation is 2. The van der Waals surface area contributed by atoms with Crippen molar-refractivity contribution in [3.8, 4) is 0 Å². The molecule has 2 N–H and O–H groups in total. The first-order valence-corrected chi connectivity index (χ1v) is 13.1. The maximum absolute atomic E-state index is 12.6.